The van der Waals surface area contributed by atoms with Crippen LogP contribution in [0.15, 0.2) is 24.3 Å². The fourth-order valence-corrected chi connectivity index (χ4v) is 1.49. The van der Waals surface area contributed by atoms with E-state index in [0.717, 1.165) is 6.42 Å². The molecule has 16 heavy (non-hydrogen) atoms. The van der Waals surface area contributed by atoms with Gasteiger partial charge in [0.15, 0.2) is 0 Å². The molecule has 0 bridgehead atoms. The molecule has 0 aliphatic carbocycles. The number of rotatable bonds is 4. The first-order chi connectivity index (χ1) is 7.61. The molecule has 1 amide bonds. The Bertz CT molecular complexity index is 363. The van der Waals surface area contributed by atoms with Crippen LogP contribution in [0.5, 0.6) is 5.75 Å². The Morgan fingerprint density at radius 2 is 2.06 bits per heavy atom. The van der Waals surface area contributed by atoms with Crippen LogP contribution in [-0.2, 0) is 0 Å². The largest absolute Gasteiger partial charge is 0.496 e. The summed E-state index contributed by atoms with van der Waals surface area (Å²) >= 11 is 0. The molecule has 1 atom stereocenters. The van der Waals surface area contributed by atoms with Crippen molar-refractivity contribution in [2.45, 2.75) is 26.3 Å². The molecule has 0 heterocycles. The molecular formula is C13H19NO2. The van der Waals surface area contributed by atoms with Gasteiger partial charge in [-0.2, -0.15) is 0 Å². The van der Waals surface area contributed by atoms with Crippen LogP contribution in [0.3, 0.4) is 0 Å². The van der Waals surface area contributed by atoms with Gasteiger partial charge in [-0.25, -0.2) is 0 Å². The summed E-state index contributed by atoms with van der Waals surface area (Å²) in [5, 5.41) is 0. The molecule has 1 unspecified atom stereocenters. The van der Waals surface area contributed by atoms with E-state index in [1.54, 1.807) is 24.1 Å². The predicted molar refractivity (Wildman–Crippen MR) is 64.8 cm³/mol. The number of methoxy groups -OCH3 is 1. The molecule has 0 aliphatic rings. The first-order valence-corrected chi connectivity index (χ1v) is 5.52. The number of carbonyl (C=O) groups is 1. The third kappa shape index (κ3) is 2.54. The second-order valence-electron chi connectivity index (χ2n) is 3.87. The quantitative estimate of drug-likeness (QED) is 0.782. The smallest absolute Gasteiger partial charge is 0.257 e. The topological polar surface area (TPSA) is 29.5 Å². The Labute approximate surface area is 97.0 Å². The summed E-state index contributed by atoms with van der Waals surface area (Å²) in [6, 6.07) is 7.54. The van der Waals surface area contributed by atoms with Crippen molar-refractivity contribution < 1.29 is 9.53 Å². The van der Waals surface area contributed by atoms with E-state index in [2.05, 4.69) is 6.92 Å². The minimum Gasteiger partial charge on any atom is -0.496 e. The van der Waals surface area contributed by atoms with Crippen LogP contribution >= 0.6 is 0 Å². The molecule has 0 aromatic heterocycles. The summed E-state index contributed by atoms with van der Waals surface area (Å²) in [4.78, 5) is 13.9. The molecule has 0 saturated carbocycles. The minimum absolute atomic E-state index is 0.00630. The van der Waals surface area contributed by atoms with Gasteiger partial charge in [-0.3, -0.25) is 4.79 Å². The highest BCUT2D eigenvalue weighted by Gasteiger charge is 2.18. The van der Waals surface area contributed by atoms with E-state index in [0.29, 0.717) is 11.3 Å². The lowest BCUT2D eigenvalue weighted by atomic mass is 10.1. The maximum absolute atomic E-state index is 12.2. The number of hydrogen-bond donors (Lipinski definition) is 0. The summed E-state index contributed by atoms with van der Waals surface area (Å²) in [7, 11) is 3.40. The molecule has 88 valence electrons. The van der Waals surface area contributed by atoms with Crippen LogP contribution in [0, 0.1) is 0 Å². The number of ether oxygens (including phenoxy) is 1. The maximum atomic E-state index is 12.2. The molecule has 0 fully saturated rings. The molecule has 3 nitrogen and oxygen atoms in total. The van der Waals surface area contributed by atoms with Gasteiger partial charge in [0.25, 0.3) is 5.91 Å². The molecule has 0 saturated heterocycles. The monoisotopic (exact) mass is 221 g/mol. The highest BCUT2D eigenvalue weighted by molar-refractivity contribution is 5.96. The molecule has 0 N–H and O–H groups in total. The summed E-state index contributed by atoms with van der Waals surface area (Å²) in [5.41, 5.74) is 0.618. The first-order valence-electron chi connectivity index (χ1n) is 5.52. The fourth-order valence-electron chi connectivity index (χ4n) is 1.49. The van der Waals surface area contributed by atoms with Gasteiger partial charge in [0.2, 0.25) is 0 Å². The summed E-state index contributed by atoms with van der Waals surface area (Å²) in [6.07, 6.45) is 0.942. The van der Waals surface area contributed by atoms with Crippen molar-refractivity contribution in [3.05, 3.63) is 29.8 Å². The van der Waals surface area contributed by atoms with Gasteiger partial charge in [0, 0.05) is 13.1 Å². The SMILES string of the molecule is CCC(C)N(C)C(=O)c1ccccc1OC. The van der Waals surface area contributed by atoms with Gasteiger partial charge in [-0.1, -0.05) is 19.1 Å². The Kier molecular flexibility index (Phi) is 4.35. The zero-order chi connectivity index (χ0) is 12.1. The zero-order valence-corrected chi connectivity index (χ0v) is 10.4. The Hall–Kier alpha value is -1.51. The molecule has 3 heteroatoms. The second-order valence-corrected chi connectivity index (χ2v) is 3.87. The first kappa shape index (κ1) is 12.6. The standard InChI is InChI=1S/C13H19NO2/c1-5-10(2)14(3)13(15)11-8-6-7-9-12(11)16-4/h6-10H,5H2,1-4H3. The van der Waals surface area contributed by atoms with Gasteiger partial charge in [-0.05, 0) is 25.5 Å². The number of hydrogen-bond acceptors (Lipinski definition) is 2. The second kappa shape index (κ2) is 5.54. The third-order valence-electron chi connectivity index (χ3n) is 2.91. The Balaban J connectivity index is 2.95. The lowest BCUT2D eigenvalue weighted by Crippen LogP contribution is -2.34. The van der Waals surface area contributed by atoms with Crippen molar-refractivity contribution in [2.75, 3.05) is 14.2 Å². The van der Waals surface area contributed by atoms with E-state index in [4.69, 9.17) is 4.74 Å². The fraction of sp³-hybridized carbons (Fsp3) is 0.462. The van der Waals surface area contributed by atoms with Crippen molar-refractivity contribution in [2.24, 2.45) is 0 Å². The Morgan fingerprint density at radius 1 is 1.44 bits per heavy atom. The zero-order valence-electron chi connectivity index (χ0n) is 10.4. The van der Waals surface area contributed by atoms with E-state index >= 15 is 0 Å². The number of nitrogens with zero attached hydrogens (tertiary/aromatic N) is 1. The lowest BCUT2D eigenvalue weighted by molar-refractivity contribution is 0.0737. The van der Waals surface area contributed by atoms with Gasteiger partial charge < -0.3 is 9.64 Å². The normalized spacial score (nSPS) is 12.0. The van der Waals surface area contributed by atoms with Gasteiger partial charge >= 0.3 is 0 Å². The molecule has 0 radical (unpaired) electrons. The average Bonchev–Trinajstić information content (AvgIpc) is 2.35. The molecule has 1 aromatic rings. The van der Waals surface area contributed by atoms with Crippen molar-refractivity contribution in [3.63, 3.8) is 0 Å². The van der Waals surface area contributed by atoms with Crippen molar-refractivity contribution in [3.8, 4) is 5.75 Å². The van der Waals surface area contributed by atoms with Crippen LogP contribution in [0.25, 0.3) is 0 Å². The summed E-state index contributed by atoms with van der Waals surface area (Å²) in [5.74, 6) is 0.634. The van der Waals surface area contributed by atoms with E-state index in [1.807, 2.05) is 26.1 Å². The number of benzene rings is 1. The van der Waals surface area contributed by atoms with E-state index in [1.165, 1.54) is 0 Å². The van der Waals surface area contributed by atoms with E-state index in [-0.39, 0.29) is 11.9 Å². The third-order valence-corrected chi connectivity index (χ3v) is 2.91. The molecule has 1 rings (SSSR count). The summed E-state index contributed by atoms with van der Waals surface area (Å²) in [6.45, 7) is 4.10. The van der Waals surface area contributed by atoms with E-state index in [9.17, 15) is 4.79 Å². The highest BCUT2D eigenvalue weighted by Crippen LogP contribution is 2.19. The van der Waals surface area contributed by atoms with Gasteiger partial charge in [-0.15, -0.1) is 0 Å². The van der Waals surface area contributed by atoms with Crippen LogP contribution in [-0.4, -0.2) is 31.0 Å². The number of para-hydroxylation sites is 1. The van der Waals surface area contributed by atoms with Crippen molar-refractivity contribution in [1.29, 1.82) is 0 Å². The van der Waals surface area contributed by atoms with Gasteiger partial charge in [0.1, 0.15) is 5.75 Å². The van der Waals surface area contributed by atoms with Crippen LogP contribution in [0.1, 0.15) is 30.6 Å². The molecule has 0 spiro atoms. The predicted octanol–water partition coefficient (Wildman–Crippen LogP) is 2.57. The van der Waals surface area contributed by atoms with E-state index < -0.39 is 0 Å². The van der Waals surface area contributed by atoms with Crippen LogP contribution in [0.2, 0.25) is 0 Å². The Morgan fingerprint density at radius 3 is 2.62 bits per heavy atom. The maximum Gasteiger partial charge on any atom is 0.257 e. The molecular weight excluding hydrogens is 202 g/mol. The van der Waals surface area contributed by atoms with Gasteiger partial charge in [0.05, 0.1) is 12.7 Å². The molecule has 0 aliphatic heterocycles. The van der Waals surface area contributed by atoms with Crippen LogP contribution < -0.4 is 4.74 Å². The number of carbonyl (C=O) groups excluding carboxylic acids is 1. The van der Waals surface area contributed by atoms with Crippen molar-refractivity contribution >= 4 is 5.91 Å². The summed E-state index contributed by atoms with van der Waals surface area (Å²) < 4.78 is 5.18. The molecule has 1 aromatic carbocycles. The lowest BCUT2D eigenvalue weighted by Gasteiger charge is -2.24. The van der Waals surface area contributed by atoms with Crippen molar-refractivity contribution in [1.82, 2.24) is 4.90 Å². The number of amides is 1. The van der Waals surface area contributed by atoms with Crippen LogP contribution in [0.4, 0.5) is 0 Å². The highest BCUT2D eigenvalue weighted by atomic mass is 16.5. The minimum atomic E-state index is 0.00630. The average molecular weight is 221 g/mol.